The van der Waals surface area contributed by atoms with Gasteiger partial charge in [-0.2, -0.15) is 0 Å². The summed E-state index contributed by atoms with van der Waals surface area (Å²) in [6, 6.07) is 3.53. The molecule has 0 saturated heterocycles. The van der Waals surface area contributed by atoms with Gasteiger partial charge in [-0.25, -0.2) is 4.98 Å². The summed E-state index contributed by atoms with van der Waals surface area (Å²) < 4.78 is 10.3. The van der Waals surface area contributed by atoms with Crippen LogP contribution in [0, 0.1) is 0 Å². The minimum absolute atomic E-state index is 0.245. The van der Waals surface area contributed by atoms with Crippen LogP contribution in [0.1, 0.15) is 39.2 Å². The van der Waals surface area contributed by atoms with Crippen molar-refractivity contribution in [2.45, 2.75) is 39.2 Å². The molecule has 0 radical (unpaired) electrons. The summed E-state index contributed by atoms with van der Waals surface area (Å²) in [7, 11) is 1.55. The molecule has 94 valence electrons. The molecule has 1 aromatic heterocycles. The Labute approximate surface area is 102 Å². The fourth-order valence-electron chi connectivity index (χ4n) is 1.33. The molecule has 1 atom stereocenters. The van der Waals surface area contributed by atoms with Crippen LogP contribution >= 0.6 is 0 Å². The third-order valence-electron chi connectivity index (χ3n) is 2.23. The molecule has 0 aromatic carbocycles. The van der Waals surface area contributed by atoms with Crippen molar-refractivity contribution in [3.05, 3.63) is 23.9 Å². The van der Waals surface area contributed by atoms with Crippen LogP contribution in [0.3, 0.4) is 0 Å². The number of carbonyl (C=O) groups is 1. The van der Waals surface area contributed by atoms with E-state index in [4.69, 9.17) is 9.47 Å². The predicted octanol–water partition coefficient (Wildman–Crippen LogP) is 2.54. The molecule has 1 aromatic rings. The molecule has 4 heteroatoms. The van der Waals surface area contributed by atoms with Crippen LogP contribution in [0.4, 0.5) is 0 Å². The summed E-state index contributed by atoms with van der Waals surface area (Å²) in [5.41, 5.74) is 0.369. The van der Waals surface area contributed by atoms with Gasteiger partial charge in [0, 0.05) is 12.3 Å². The molecule has 0 aliphatic heterocycles. The first-order chi connectivity index (χ1) is 7.83. The van der Waals surface area contributed by atoms with E-state index in [1.54, 1.807) is 25.4 Å². The van der Waals surface area contributed by atoms with E-state index in [1.807, 2.05) is 27.7 Å². The number of nitrogens with zero attached hydrogens (tertiary/aromatic N) is 1. The lowest BCUT2D eigenvalue weighted by atomic mass is 10.0. The first-order valence-electron chi connectivity index (χ1n) is 5.56. The van der Waals surface area contributed by atoms with Gasteiger partial charge in [-0.15, -0.1) is 0 Å². The van der Waals surface area contributed by atoms with Crippen LogP contribution in [0.25, 0.3) is 0 Å². The van der Waals surface area contributed by atoms with E-state index < -0.39 is 5.60 Å². The number of aromatic nitrogens is 1. The molecule has 0 fully saturated rings. The van der Waals surface area contributed by atoms with E-state index in [-0.39, 0.29) is 11.9 Å². The zero-order valence-corrected chi connectivity index (χ0v) is 11.0. The molecule has 4 nitrogen and oxygen atoms in total. The smallest absolute Gasteiger partial charge is 0.313 e. The number of pyridine rings is 1. The molecule has 17 heavy (non-hydrogen) atoms. The molecule has 0 amide bonds. The Hall–Kier alpha value is -1.58. The minimum atomic E-state index is -0.470. The van der Waals surface area contributed by atoms with E-state index >= 15 is 0 Å². The molecule has 0 spiro atoms. The molecule has 0 aliphatic carbocycles. The van der Waals surface area contributed by atoms with Crippen LogP contribution in [0.2, 0.25) is 0 Å². The van der Waals surface area contributed by atoms with Gasteiger partial charge in [-0.05, 0) is 39.3 Å². The fraction of sp³-hybridized carbons (Fsp3) is 0.538. The maximum atomic E-state index is 11.9. The van der Waals surface area contributed by atoms with Gasteiger partial charge in [-0.3, -0.25) is 4.79 Å². The van der Waals surface area contributed by atoms with Crippen LogP contribution in [-0.2, 0) is 9.53 Å². The summed E-state index contributed by atoms with van der Waals surface area (Å²) >= 11 is 0. The van der Waals surface area contributed by atoms with Crippen molar-refractivity contribution in [2.24, 2.45) is 0 Å². The van der Waals surface area contributed by atoms with Crippen molar-refractivity contribution >= 4 is 5.97 Å². The van der Waals surface area contributed by atoms with Gasteiger partial charge in [0.1, 0.15) is 5.60 Å². The van der Waals surface area contributed by atoms with Gasteiger partial charge in [-0.1, -0.05) is 0 Å². The fourth-order valence-corrected chi connectivity index (χ4v) is 1.33. The topological polar surface area (TPSA) is 48.4 Å². The lowest BCUT2D eigenvalue weighted by Gasteiger charge is -2.22. The third-order valence-corrected chi connectivity index (χ3v) is 2.23. The van der Waals surface area contributed by atoms with Crippen molar-refractivity contribution in [2.75, 3.05) is 7.11 Å². The van der Waals surface area contributed by atoms with E-state index in [0.717, 1.165) is 5.56 Å². The van der Waals surface area contributed by atoms with Crippen molar-refractivity contribution in [3.8, 4) is 5.88 Å². The molecule has 0 N–H and O–H groups in total. The maximum Gasteiger partial charge on any atom is 0.313 e. The number of rotatable bonds is 3. The normalized spacial score (nSPS) is 13.0. The Morgan fingerprint density at radius 2 is 2.06 bits per heavy atom. The summed E-state index contributed by atoms with van der Waals surface area (Å²) in [5, 5.41) is 0. The number of carbonyl (C=O) groups excluding carboxylic acids is 1. The highest BCUT2D eigenvalue weighted by Gasteiger charge is 2.23. The zero-order valence-electron chi connectivity index (χ0n) is 11.0. The lowest BCUT2D eigenvalue weighted by molar-refractivity contribution is -0.156. The Morgan fingerprint density at radius 3 is 2.59 bits per heavy atom. The molecular weight excluding hydrogens is 218 g/mol. The summed E-state index contributed by atoms with van der Waals surface area (Å²) in [6.07, 6.45) is 1.62. The Morgan fingerprint density at radius 1 is 1.41 bits per heavy atom. The monoisotopic (exact) mass is 237 g/mol. The van der Waals surface area contributed by atoms with Gasteiger partial charge in [0.15, 0.2) is 0 Å². The number of hydrogen-bond acceptors (Lipinski definition) is 4. The SMILES string of the molecule is COc1cc(C(C)C(=O)OC(C)(C)C)ccn1. The second kappa shape index (κ2) is 5.17. The predicted molar refractivity (Wildman–Crippen MR) is 65.0 cm³/mol. The van der Waals surface area contributed by atoms with Gasteiger partial charge in [0.05, 0.1) is 13.0 Å². The van der Waals surface area contributed by atoms with Crippen LogP contribution in [0.15, 0.2) is 18.3 Å². The van der Waals surface area contributed by atoms with Gasteiger partial charge < -0.3 is 9.47 Å². The quantitative estimate of drug-likeness (QED) is 0.758. The van der Waals surface area contributed by atoms with E-state index in [1.165, 1.54) is 0 Å². The van der Waals surface area contributed by atoms with Crippen LogP contribution in [0.5, 0.6) is 5.88 Å². The first-order valence-corrected chi connectivity index (χ1v) is 5.56. The summed E-state index contributed by atoms with van der Waals surface area (Å²) in [6.45, 7) is 7.36. The highest BCUT2D eigenvalue weighted by Crippen LogP contribution is 2.22. The Kier molecular flexibility index (Phi) is 4.10. The summed E-state index contributed by atoms with van der Waals surface area (Å²) in [5.74, 6) is -0.0743. The number of methoxy groups -OCH3 is 1. The molecule has 1 rings (SSSR count). The standard InChI is InChI=1S/C13H19NO3/c1-9(12(15)17-13(2,3)4)10-6-7-14-11(8-10)16-5/h6-9H,1-5H3. The molecule has 0 bridgehead atoms. The zero-order chi connectivity index (χ0) is 13.1. The highest BCUT2D eigenvalue weighted by atomic mass is 16.6. The largest absolute Gasteiger partial charge is 0.481 e. The van der Waals surface area contributed by atoms with Gasteiger partial charge in [0.25, 0.3) is 0 Å². The average molecular weight is 237 g/mol. The lowest BCUT2D eigenvalue weighted by Crippen LogP contribution is -2.26. The van der Waals surface area contributed by atoms with E-state index in [2.05, 4.69) is 4.98 Å². The number of esters is 1. The summed E-state index contributed by atoms with van der Waals surface area (Å²) in [4.78, 5) is 15.9. The number of hydrogen-bond donors (Lipinski definition) is 0. The van der Waals surface area contributed by atoms with Crippen molar-refractivity contribution in [3.63, 3.8) is 0 Å². The molecule has 0 saturated carbocycles. The second-order valence-corrected chi connectivity index (χ2v) is 4.89. The van der Waals surface area contributed by atoms with E-state index in [0.29, 0.717) is 5.88 Å². The molecule has 1 unspecified atom stereocenters. The van der Waals surface area contributed by atoms with Gasteiger partial charge >= 0.3 is 5.97 Å². The third kappa shape index (κ3) is 4.06. The maximum absolute atomic E-state index is 11.9. The van der Waals surface area contributed by atoms with Crippen molar-refractivity contribution in [1.29, 1.82) is 0 Å². The molecule has 0 aliphatic rings. The Balaban J connectivity index is 2.81. The Bertz CT molecular complexity index is 396. The van der Waals surface area contributed by atoms with Crippen molar-refractivity contribution < 1.29 is 14.3 Å². The number of ether oxygens (including phenoxy) is 2. The molecule has 1 heterocycles. The molecular formula is C13H19NO3. The second-order valence-electron chi connectivity index (χ2n) is 4.89. The van der Waals surface area contributed by atoms with Gasteiger partial charge in [0.2, 0.25) is 5.88 Å². The average Bonchev–Trinajstić information content (AvgIpc) is 2.26. The highest BCUT2D eigenvalue weighted by molar-refractivity contribution is 5.78. The van der Waals surface area contributed by atoms with Crippen molar-refractivity contribution in [1.82, 2.24) is 4.98 Å². The van der Waals surface area contributed by atoms with E-state index in [9.17, 15) is 4.79 Å². The minimum Gasteiger partial charge on any atom is -0.481 e. The first kappa shape index (κ1) is 13.5. The van der Waals surface area contributed by atoms with Crippen LogP contribution < -0.4 is 4.74 Å². The van der Waals surface area contributed by atoms with Crippen LogP contribution in [-0.4, -0.2) is 23.7 Å².